The van der Waals surface area contributed by atoms with Gasteiger partial charge in [0.05, 0.1) is 20.8 Å². The summed E-state index contributed by atoms with van der Waals surface area (Å²) in [6, 6.07) is 11.6. The number of rotatable bonds is 7. The van der Waals surface area contributed by atoms with Crippen LogP contribution in [0, 0.1) is 44.2 Å². The van der Waals surface area contributed by atoms with Crippen molar-refractivity contribution < 1.29 is 19.5 Å². The van der Waals surface area contributed by atoms with Crippen molar-refractivity contribution in [2.24, 2.45) is 0 Å². The molecule has 1 aromatic heterocycles. The molecule has 2 aromatic carbocycles. The number of nitrogens with zero attached hydrogens (tertiary/aromatic N) is 4. The summed E-state index contributed by atoms with van der Waals surface area (Å²) in [5, 5.41) is 32.7. The summed E-state index contributed by atoms with van der Waals surface area (Å²) in [5.74, 6) is 0.181. The van der Waals surface area contributed by atoms with E-state index in [0.29, 0.717) is 11.3 Å². The number of ether oxygens (including phenoxy) is 1. The molecule has 0 saturated carbocycles. The second kappa shape index (κ2) is 8.45. The van der Waals surface area contributed by atoms with E-state index in [1.807, 2.05) is 24.5 Å². The highest BCUT2D eigenvalue weighted by molar-refractivity contribution is 5.57. The van der Waals surface area contributed by atoms with Crippen molar-refractivity contribution in [3.05, 3.63) is 102 Å². The Labute approximate surface area is 175 Å². The lowest BCUT2D eigenvalue weighted by Crippen LogP contribution is -1.99. The first-order valence-corrected chi connectivity index (χ1v) is 8.89. The van der Waals surface area contributed by atoms with Crippen LogP contribution in [0.2, 0.25) is 0 Å². The molecule has 0 N–H and O–H groups in total. The van der Waals surface area contributed by atoms with Crippen molar-refractivity contribution in [3.63, 3.8) is 0 Å². The molecule has 0 radical (unpaired) electrons. The Bertz CT molecular complexity index is 1210. The Balaban J connectivity index is 1.89. The number of aromatic nitrogens is 1. The molecule has 0 fully saturated rings. The Morgan fingerprint density at radius 1 is 0.903 bits per heavy atom. The molecule has 158 valence electrons. The zero-order chi connectivity index (χ0) is 22.7. The van der Waals surface area contributed by atoms with Gasteiger partial charge < -0.3 is 9.30 Å². The molecule has 0 unspecified atom stereocenters. The van der Waals surface area contributed by atoms with Crippen LogP contribution in [-0.2, 0) is 0 Å². The first-order valence-electron chi connectivity index (χ1n) is 8.89. The molecule has 0 aliphatic carbocycles. The number of aryl methyl sites for hydroxylation is 1. The number of nitro benzene ring substituents is 2. The van der Waals surface area contributed by atoms with E-state index in [1.165, 1.54) is 12.1 Å². The fraction of sp³-hybridized carbons (Fsp3) is 0.100. The lowest BCUT2D eigenvalue weighted by molar-refractivity contribution is -0.400. The summed E-state index contributed by atoms with van der Waals surface area (Å²) in [7, 11) is 0. The van der Waals surface area contributed by atoms with Gasteiger partial charge in [0.25, 0.3) is 5.69 Å². The Hall–Kier alpha value is -4.54. The lowest BCUT2D eigenvalue weighted by atomic mass is 10.2. The number of hydrogen-bond acceptors (Lipinski definition) is 7. The van der Waals surface area contributed by atoms with Gasteiger partial charge in [0.15, 0.2) is 0 Å². The van der Waals surface area contributed by atoms with Gasteiger partial charge in [-0.25, -0.2) is 0 Å². The highest BCUT2D eigenvalue weighted by Gasteiger charge is 2.21. The van der Waals surface area contributed by atoms with Crippen LogP contribution in [0.25, 0.3) is 11.8 Å². The monoisotopic (exact) mass is 424 g/mol. The average Bonchev–Trinajstić information content (AvgIpc) is 3.00. The van der Waals surface area contributed by atoms with Crippen molar-refractivity contribution >= 4 is 17.5 Å². The van der Waals surface area contributed by atoms with Gasteiger partial charge >= 0.3 is 5.69 Å². The quantitative estimate of drug-likeness (QED) is 0.385. The third-order valence-electron chi connectivity index (χ3n) is 4.52. The summed E-state index contributed by atoms with van der Waals surface area (Å²) in [4.78, 5) is 30.7. The van der Waals surface area contributed by atoms with Crippen molar-refractivity contribution in [3.8, 4) is 17.2 Å². The van der Waals surface area contributed by atoms with Gasteiger partial charge in [-0.1, -0.05) is 0 Å². The summed E-state index contributed by atoms with van der Waals surface area (Å²) in [6.07, 6.45) is 2.30. The molecule has 0 amide bonds. The maximum Gasteiger partial charge on any atom is 0.318 e. The van der Waals surface area contributed by atoms with Crippen LogP contribution >= 0.6 is 0 Å². The molecule has 0 aliphatic heterocycles. The van der Waals surface area contributed by atoms with Gasteiger partial charge in [0, 0.05) is 34.8 Å². The maximum atomic E-state index is 11.3. The average molecular weight is 424 g/mol. The SMILES string of the molecule is Cc1cc(/C=C/[N+](=O)[O-])c(C)n1-c1ccc(Oc2ccc([N+](=O)[O-])cc2[N+](=O)[O-])cc1. The molecule has 0 saturated heterocycles. The van der Waals surface area contributed by atoms with Crippen molar-refractivity contribution in [1.82, 2.24) is 4.57 Å². The number of hydrogen-bond donors (Lipinski definition) is 0. The van der Waals surface area contributed by atoms with Gasteiger partial charge in [-0.15, -0.1) is 0 Å². The Morgan fingerprint density at radius 3 is 2.16 bits per heavy atom. The molecule has 31 heavy (non-hydrogen) atoms. The fourth-order valence-electron chi connectivity index (χ4n) is 3.13. The lowest BCUT2D eigenvalue weighted by Gasteiger charge is -2.11. The predicted molar refractivity (Wildman–Crippen MR) is 111 cm³/mol. The summed E-state index contributed by atoms with van der Waals surface area (Å²) in [5.41, 5.74) is 2.21. The van der Waals surface area contributed by atoms with E-state index >= 15 is 0 Å². The molecule has 3 rings (SSSR count). The van der Waals surface area contributed by atoms with Crippen LogP contribution < -0.4 is 4.74 Å². The molecule has 3 aromatic rings. The molecule has 0 bridgehead atoms. The number of nitro groups is 3. The summed E-state index contributed by atoms with van der Waals surface area (Å²) >= 11 is 0. The highest BCUT2D eigenvalue weighted by atomic mass is 16.6. The van der Waals surface area contributed by atoms with Crippen LogP contribution in [-0.4, -0.2) is 19.3 Å². The molecular formula is C20H16N4O7. The van der Waals surface area contributed by atoms with Crippen LogP contribution in [0.5, 0.6) is 11.5 Å². The normalized spacial score (nSPS) is 10.9. The van der Waals surface area contributed by atoms with Gasteiger partial charge in [0.2, 0.25) is 11.9 Å². The minimum absolute atomic E-state index is 0.121. The molecule has 0 aliphatic rings. The van der Waals surface area contributed by atoms with E-state index in [2.05, 4.69) is 0 Å². The van der Waals surface area contributed by atoms with Crippen LogP contribution in [0.1, 0.15) is 17.0 Å². The number of non-ortho nitro benzene ring substituents is 1. The van der Waals surface area contributed by atoms with Crippen LogP contribution in [0.15, 0.2) is 54.7 Å². The van der Waals surface area contributed by atoms with Gasteiger partial charge in [-0.2, -0.15) is 0 Å². The number of benzene rings is 2. The van der Waals surface area contributed by atoms with Gasteiger partial charge in [-0.3, -0.25) is 30.3 Å². The van der Waals surface area contributed by atoms with Crippen molar-refractivity contribution in [1.29, 1.82) is 0 Å². The van der Waals surface area contributed by atoms with E-state index in [0.717, 1.165) is 35.4 Å². The Morgan fingerprint density at radius 2 is 1.58 bits per heavy atom. The third-order valence-corrected chi connectivity index (χ3v) is 4.52. The van der Waals surface area contributed by atoms with Crippen molar-refractivity contribution in [2.45, 2.75) is 13.8 Å². The van der Waals surface area contributed by atoms with E-state index in [4.69, 9.17) is 4.74 Å². The van der Waals surface area contributed by atoms with E-state index in [9.17, 15) is 30.3 Å². The van der Waals surface area contributed by atoms with Crippen molar-refractivity contribution in [2.75, 3.05) is 0 Å². The standard InChI is InChI=1S/C20H16N4O7/c1-13-11-15(9-10-21(25)26)14(2)22(13)16-3-6-18(7-4-16)31-20-8-5-17(23(27)28)12-19(20)24(29)30/h3-12H,1-2H3/b10-9+. The fourth-order valence-corrected chi connectivity index (χ4v) is 3.13. The molecular weight excluding hydrogens is 408 g/mol. The second-order valence-electron chi connectivity index (χ2n) is 6.53. The minimum atomic E-state index is -0.747. The molecule has 0 atom stereocenters. The zero-order valence-electron chi connectivity index (χ0n) is 16.4. The largest absolute Gasteiger partial charge is 0.450 e. The van der Waals surface area contributed by atoms with E-state index < -0.39 is 26.1 Å². The Kier molecular flexibility index (Phi) is 5.77. The smallest absolute Gasteiger partial charge is 0.318 e. The second-order valence-corrected chi connectivity index (χ2v) is 6.53. The molecule has 11 heteroatoms. The van der Waals surface area contributed by atoms with E-state index in [1.54, 1.807) is 24.3 Å². The van der Waals surface area contributed by atoms with Gasteiger partial charge in [-0.05, 0) is 50.2 Å². The predicted octanol–water partition coefficient (Wildman–Crippen LogP) is 4.95. The summed E-state index contributed by atoms with van der Waals surface area (Å²) in [6.45, 7) is 3.69. The first-order chi connectivity index (χ1) is 14.7. The highest BCUT2D eigenvalue weighted by Crippen LogP contribution is 2.34. The van der Waals surface area contributed by atoms with Crippen LogP contribution in [0.4, 0.5) is 11.4 Å². The maximum absolute atomic E-state index is 11.3. The van der Waals surface area contributed by atoms with Gasteiger partial charge in [0.1, 0.15) is 5.75 Å². The minimum Gasteiger partial charge on any atom is -0.450 e. The van der Waals surface area contributed by atoms with E-state index in [-0.39, 0.29) is 5.75 Å². The third kappa shape index (κ3) is 4.56. The molecule has 1 heterocycles. The zero-order valence-corrected chi connectivity index (χ0v) is 16.4. The topological polar surface area (TPSA) is 144 Å². The molecule has 0 spiro atoms. The van der Waals surface area contributed by atoms with Crippen LogP contribution in [0.3, 0.4) is 0 Å². The molecule has 11 nitrogen and oxygen atoms in total. The summed E-state index contributed by atoms with van der Waals surface area (Å²) < 4.78 is 7.47. The first kappa shape index (κ1) is 21.2.